The quantitative estimate of drug-likeness (QED) is 0.661. The number of carbonyl (C=O) groups excluding carboxylic acids is 2. The average molecular weight is 374 g/mol. The Morgan fingerprint density at radius 1 is 1.11 bits per heavy atom. The first kappa shape index (κ1) is 18.8. The Hall–Kier alpha value is -3.00. The zero-order valence-electron chi connectivity index (χ0n) is 15.2. The maximum atomic E-state index is 11.9. The third-order valence-corrected chi connectivity index (χ3v) is 4.24. The van der Waals surface area contributed by atoms with Gasteiger partial charge in [-0.05, 0) is 44.0 Å². The van der Waals surface area contributed by atoms with E-state index >= 15 is 0 Å². The number of aliphatic hydroxyl groups excluding tert-OH is 1. The molecule has 1 aromatic heterocycles. The zero-order valence-corrected chi connectivity index (χ0v) is 15.2. The van der Waals surface area contributed by atoms with Crippen LogP contribution in [0.2, 0.25) is 0 Å². The monoisotopic (exact) mass is 374 g/mol. The predicted molar refractivity (Wildman–Crippen MR) is 95.2 cm³/mol. The van der Waals surface area contributed by atoms with Gasteiger partial charge >= 0.3 is 11.8 Å². The van der Waals surface area contributed by atoms with Crippen LogP contribution in [0.4, 0.5) is 0 Å². The Labute approximate surface area is 156 Å². The van der Waals surface area contributed by atoms with Gasteiger partial charge in [0.2, 0.25) is 6.79 Å². The van der Waals surface area contributed by atoms with Crippen molar-refractivity contribution in [2.24, 2.45) is 0 Å². The van der Waals surface area contributed by atoms with Crippen molar-refractivity contribution in [3.8, 4) is 11.5 Å². The van der Waals surface area contributed by atoms with Gasteiger partial charge in [0.05, 0.1) is 6.10 Å². The Kier molecular flexibility index (Phi) is 5.66. The Morgan fingerprint density at radius 3 is 2.59 bits per heavy atom. The van der Waals surface area contributed by atoms with Gasteiger partial charge in [0, 0.05) is 18.7 Å². The highest BCUT2D eigenvalue weighted by Crippen LogP contribution is 2.32. The molecule has 2 heterocycles. The zero-order chi connectivity index (χ0) is 19.4. The summed E-state index contributed by atoms with van der Waals surface area (Å²) in [6.45, 7) is 4.11. The fraction of sp³-hybridized carbons (Fsp3) is 0.368. The Bertz CT molecular complexity index is 845. The molecule has 3 N–H and O–H groups in total. The largest absolute Gasteiger partial charge is 0.466 e. The number of hydrogen-bond donors (Lipinski definition) is 3. The van der Waals surface area contributed by atoms with Gasteiger partial charge < -0.3 is 29.6 Å². The van der Waals surface area contributed by atoms with Crippen LogP contribution in [0.1, 0.15) is 35.2 Å². The molecule has 27 heavy (non-hydrogen) atoms. The summed E-state index contributed by atoms with van der Waals surface area (Å²) < 4.78 is 15.9. The molecule has 1 aromatic carbocycles. The standard InChI is InChI=1S/C19H22N2O6/c1-11-7-14(12(2)27-11)15(22)5-6-20-18(23)19(24)21-9-13-3-4-16-17(8-13)26-10-25-16/h3-4,7-8,15,22H,5-6,9-10H2,1-2H3,(H,20,23)(H,21,24)/t15-/m1/s1. The lowest BCUT2D eigenvalue weighted by atomic mass is 10.1. The summed E-state index contributed by atoms with van der Waals surface area (Å²) in [6.07, 6.45) is -0.486. The lowest BCUT2D eigenvalue weighted by molar-refractivity contribution is -0.139. The van der Waals surface area contributed by atoms with Crippen molar-refractivity contribution in [2.45, 2.75) is 32.9 Å². The highest BCUT2D eigenvalue weighted by atomic mass is 16.7. The first-order valence-electron chi connectivity index (χ1n) is 8.63. The van der Waals surface area contributed by atoms with Crippen LogP contribution in [-0.2, 0) is 16.1 Å². The molecule has 0 saturated heterocycles. The number of ether oxygens (including phenoxy) is 2. The van der Waals surface area contributed by atoms with Crippen LogP contribution in [0.25, 0.3) is 0 Å². The van der Waals surface area contributed by atoms with Crippen molar-refractivity contribution >= 4 is 11.8 Å². The van der Waals surface area contributed by atoms with Crippen molar-refractivity contribution < 1.29 is 28.6 Å². The molecule has 0 saturated carbocycles. The van der Waals surface area contributed by atoms with Gasteiger partial charge in [-0.3, -0.25) is 9.59 Å². The minimum absolute atomic E-state index is 0.168. The molecule has 1 aliphatic rings. The van der Waals surface area contributed by atoms with E-state index in [1.807, 2.05) is 0 Å². The summed E-state index contributed by atoms with van der Waals surface area (Å²) in [4.78, 5) is 23.8. The fourth-order valence-corrected chi connectivity index (χ4v) is 2.85. The number of furan rings is 1. The lowest BCUT2D eigenvalue weighted by Crippen LogP contribution is -2.40. The molecule has 0 unspecified atom stereocenters. The van der Waals surface area contributed by atoms with Crippen molar-refractivity contribution in [1.82, 2.24) is 10.6 Å². The van der Waals surface area contributed by atoms with E-state index in [1.54, 1.807) is 38.1 Å². The normalized spacial score (nSPS) is 13.3. The highest BCUT2D eigenvalue weighted by Gasteiger charge is 2.18. The molecule has 144 valence electrons. The molecule has 0 bridgehead atoms. The van der Waals surface area contributed by atoms with Gasteiger partial charge in [0.1, 0.15) is 11.5 Å². The van der Waals surface area contributed by atoms with Crippen LogP contribution >= 0.6 is 0 Å². The number of amides is 2. The van der Waals surface area contributed by atoms with E-state index in [0.717, 1.165) is 5.56 Å². The molecule has 2 aromatic rings. The topological polar surface area (TPSA) is 110 Å². The second-order valence-electron chi connectivity index (χ2n) is 6.30. The number of fused-ring (bicyclic) bond motifs is 1. The summed E-state index contributed by atoms with van der Waals surface area (Å²) in [7, 11) is 0. The molecule has 0 aliphatic carbocycles. The maximum Gasteiger partial charge on any atom is 0.309 e. The molecular formula is C19H22N2O6. The fourth-order valence-electron chi connectivity index (χ4n) is 2.85. The molecule has 8 heteroatoms. The number of benzene rings is 1. The SMILES string of the molecule is Cc1cc([C@H](O)CCNC(=O)C(=O)NCc2ccc3c(c2)OCO3)c(C)o1. The molecule has 0 fully saturated rings. The molecule has 3 rings (SSSR count). The molecule has 8 nitrogen and oxygen atoms in total. The van der Waals surface area contributed by atoms with E-state index in [4.69, 9.17) is 13.9 Å². The Balaban J connectivity index is 1.41. The van der Waals surface area contributed by atoms with Crippen molar-refractivity contribution in [3.63, 3.8) is 0 Å². The van der Waals surface area contributed by atoms with Crippen LogP contribution in [0.15, 0.2) is 28.7 Å². The lowest BCUT2D eigenvalue weighted by Gasteiger charge is -2.11. The number of aliphatic hydroxyl groups is 1. The summed E-state index contributed by atoms with van der Waals surface area (Å²) in [5.74, 6) is 1.15. The maximum absolute atomic E-state index is 11.9. The van der Waals surface area contributed by atoms with Crippen molar-refractivity contribution in [1.29, 1.82) is 0 Å². The molecule has 1 atom stereocenters. The number of nitrogens with one attached hydrogen (secondary N) is 2. The first-order chi connectivity index (χ1) is 12.9. The van der Waals surface area contributed by atoms with Gasteiger partial charge in [-0.1, -0.05) is 6.07 Å². The second-order valence-corrected chi connectivity index (χ2v) is 6.30. The van der Waals surface area contributed by atoms with Gasteiger partial charge in [0.15, 0.2) is 11.5 Å². The van der Waals surface area contributed by atoms with Crippen molar-refractivity contribution in [3.05, 3.63) is 46.9 Å². The van der Waals surface area contributed by atoms with Gasteiger partial charge in [-0.2, -0.15) is 0 Å². The third kappa shape index (κ3) is 4.59. The first-order valence-corrected chi connectivity index (χ1v) is 8.63. The van der Waals surface area contributed by atoms with Crippen LogP contribution in [0.3, 0.4) is 0 Å². The number of hydrogen-bond acceptors (Lipinski definition) is 6. The van der Waals surface area contributed by atoms with E-state index in [0.29, 0.717) is 28.6 Å². The third-order valence-electron chi connectivity index (χ3n) is 4.24. The highest BCUT2D eigenvalue weighted by molar-refractivity contribution is 6.35. The van der Waals surface area contributed by atoms with E-state index in [-0.39, 0.29) is 26.3 Å². The predicted octanol–water partition coefficient (Wildman–Crippen LogP) is 1.48. The molecule has 0 spiro atoms. The minimum atomic E-state index is -0.764. The van der Waals surface area contributed by atoms with E-state index in [9.17, 15) is 14.7 Å². The Morgan fingerprint density at radius 2 is 1.85 bits per heavy atom. The van der Waals surface area contributed by atoms with Gasteiger partial charge in [-0.25, -0.2) is 0 Å². The van der Waals surface area contributed by atoms with Crippen LogP contribution in [-0.4, -0.2) is 30.3 Å². The molecule has 2 amide bonds. The number of aryl methyl sites for hydroxylation is 2. The van der Waals surface area contributed by atoms with Crippen LogP contribution in [0.5, 0.6) is 11.5 Å². The van der Waals surface area contributed by atoms with E-state index < -0.39 is 17.9 Å². The minimum Gasteiger partial charge on any atom is -0.466 e. The second kappa shape index (κ2) is 8.13. The summed E-state index contributed by atoms with van der Waals surface area (Å²) >= 11 is 0. The molecule has 0 radical (unpaired) electrons. The summed E-state index contributed by atoms with van der Waals surface area (Å²) in [5.41, 5.74) is 1.48. The van der Waals surface area contributed by atoms with Gasteiger partial charge in [-0.15, -0.1) is 0 Å². The van der Waals surface area contributed by atoms with Crippen LogP contribution < -0.4 is 20.1 Å². The van der Waals surface area contributed by atoms with Gasteiger partial charge in [0.25, 0.3) is 0 Å². The van der Waals surface area contributed by atoms with Crippen LogP contribution in [0, 0.1) is 13.8 Å². The molecular weight excluding hydrogens is 352 g/mol. The average Bonchev–Trinajstić information content (AvgIpc) is 3.24. The number of carbonyl (C=O) groups is 2. The smallest absolute Gasteiger partial charge is 0.309 e. The number of rotatable bonds is 6. The van der Waals surface area contributed by atoms with E-state index in [1.165, 1.54) is 0 Å². The summed E-state index contributed by atoms with van der Waals surface area (Å²) in [6, 6.07) is 7.06. The summed E-state index contributed by atoms with van der Waals surface area (Å²) in [5, 5.41) is 15.2. The molecule has 1 aliphatic heterocycles. The van der Waals surface area contributed by atoms with E-state index in [2.05, 4.69) is 10.6 Å². The van der Waals surface area contributed by atoms with Crippen molar-refractivity contribution in [2.75, 3.05) is 13.3 Å².